The fraction of sp³-hybridized carbons (Fsp3) is 0.333. The molecule has 0 aliphatic rings. The molecule has 2 aromatic rings. The predicted octanol–water partition coefficient (Wildman–Crippen LogP) is 4.08. The summed E-state index contributed by atoms with van der Waals surface area (Å²) in [6, 6.07) is 14.6. The van der Waals surface area contributed by atoms with E-state index in [9.17, 15) is 9.59 Å². The molecule has 1 unspecified atom stereocenters. The number of carbonyl (C=O) groups is 2. The Hall–Kier alpha value is -2.37. The Morgan fingerprint density at radius 3 is 2.33 bits per heavy atom. The Bertz CT molecular complexity index is 805. The number of halogens is 1. The summed E-state index contributed by atoms with van der Waals surface area (Å²) in [5.41, 5.74) is 1.74. The first-order chi connectivity index (χ1) is 12.7. The number of ether oxygens (including phenoxy) is 1. The van der Waals surface area contributed by atoms with Gasteiger partial charge in [0.05, 0.1) is 6.54 Å². The Kier molecular flexibility index (Phi) is 6.99. The molecule has 144 valence electrons. The summed E-state index contributed by atoms with van der Waals surface area (Å²) in [6.07, 6.45) is 0. The minimum atomic E-state index is -0.806. The van der Waals surface area contributed by atoms with E-state index in [-0.39, 0.29) is 6.54 Å². The Morgan fingerprint density at radius 2 is 1.78 bits per heavy atom. The normalized spacial score (nSPS) is 13.1. The van der Waals surface area contributed by atoms with Crippen molar-refractivity contribution >= 4 is 29.1 Å². The number of amides is 2. The topological polar surface area (TPSA) is 67.4 Å². The first-order valence-corrected chi connectivity index (χ1v) is 9.13. The highest BCUT2D eigenvalue weighted by Gasteiger charge is 2.28. The van der Waals surface area contributed by atoms with Gasteiger partial charge in [-0.1, -0.05) is 49.7 Å². The minimum Gasteiger partial charge on any atom is -0.372 e. The van der Waals surface area contributed by atoms with Crippen LogP contribution in [0.15, 0.2) is 48.5 Å². The fourth-order valence-corrected chi connectivity index (χ4v) is 2.77. The van der Waals surface area contributed by atoms with Gasteiger partial charge in [0.25, 0.3) is 0 Å². The van der Waals surface area contributed by atoms with E-state index in [1.165, 1.54) is 0 Å². The Morgan fingerprint density at radius 1 is 1.11 bits per heavy atom. The average Bonchev–Trinajstić information content (AvgIpc) is 2.66. The molecule has 0 aliphatic heterocycles. The fourth-order valence-electron chi connectivity index (χ4n) is 2.58. The molecule has 0 bridgehead atoms. The van der Waals surface area contributed by atoms with Crippen molar-refractivity contribution in [3.63, 3.8) is 0 Å². The highest BCUT2D eigenvalue weighted by atomic mass is 35.5. The maximum atomic E-state index is 12.2. The van der Waals surface area contributed by atoms with E-state index < -0.39 is 17.4 Å². The van der Waals surface area contributed by atoms with E-state index in [1.54, 1.807) is 31.4 Å². The van der Waals surface area contributed by atoms with Crippen molar-refractivity contribution in [2.24, 2.45) is 0 Å². The van der Waals surface area contributed by atoms with Gasteiger partial charge in [0.1, 0.15) is 5.60 Å². The smallest absolute Gasteiger partial charge is 0.313 e. The lowest BCUT2D eigenvalue weighted by Crippen LogP contribution is -2.44. The minimum absolute atomic E-state index is 0.127. The summed E-state index contributed by atoms with van der Waals surface area (Å²) in [5.74, 6) is -1.05. The van der Waals surface area contributed by atoms with E-state index >= 15 is 0 Å². The number of rotatable bonds is 6. The first kappa shape index (κ1) is 20.9. The van der Waals surface area contributed by atoms with Gasteiger partial charge in [0, 0.05) is 17.8 Å². The van der Waals surface area contributed by atoms with Crippen LogP contribution in [0, 0.1) is 0 Å². The number of carbonyl (C=O) groups excluding carboxylic acids is 2. The van der Waals surface area contributed by atoms with E-state index in [4.69, 9.17) is 16.3 Å². The van der Waals surface area contributed by atoms with E-state index in [0.717, 1.165) is 11.1 Å². The molecular weight excluding hydrogens is 364 g/mol. The lowest BCUT2D eigenvalue weighted by atomic mass is 9.95. The molecule has 2 amide bonds. The SMILES string of the molecule is COC(C)(CNC(=O)C(=O)Nc1ccc(C(C)C)cc1)c1cccc(Cl)c1. The number of hydrogen-bond acceptors (Lipinski definition) is 3. The lowest BCUT2D eigenvalue weighted by molar-refractivity contribution is -0.137. The van der Waals surface area contributed by atoms with Crippen LogP contribution in [-0.4, -0.2) is 25.5 Å². The van der Waals surface area contributed by atoms with Crippen molar-refractivity contribution in [2.45, 2.75) is 32.3 Å². The van der Waals surface area contributed by atoms with E-state index in [0.29, 0.717) is 16.6 Å². The maximum absolute atomic E-state index is 12.2. The van der Waals surface area contributed by atoms with Crippen molar-refractivity contribution in [3.8, 4) is 0 Å². The van der Waals surface area contributed by atoms with Gasteiger partial charge in [-0.2, -0.15) is 0 Å². The van der Waals surface area contributed by atoms with Crippen LogP contribution in [0.2, 0.25) is 5.02 Å². The zero-order valence-electron chi connectivity index (χ0n) is 16.0. The summed E-state index contributed by atoms with van der Waals surface area (Å²) < 4.78 is 5.56. The number of nitrogens with one attached hydrogen (secondary N) is 2. The highest BCUT2D eigenvalue weighted by molar-refractivity contribution is 6.39. The van der Waals surface area contributed by atoms with Crippen LogP contribution < -0.4 is 10.6 Å². The molecule has 0 aromatic heterocycles. The van der Waals surface area contributed by atoms with Gasteiger partial charge in [0.2, 0.25) is 0 Å². The Labute approximate surface area is 165 Å². The maximum Gasteiger partial charge on any atom is 0.313 e. The van der Waals surface area contributed by atoms with Gasteiger partial charge in [-0.25, -0.2) is 0 Å². The zero-order valence-corrected chi connectivity index (χ0v) is 16.8. The summed E-state index contributed by atoms with van der Waals surface area (Å²) in [7, 11) is 1.55. The molecule has 0 aliphatic carbocycles. The second kappa shape index (κ2) is 9.02. The monoisotopic (exact) mass is 388 g/mol. The molecule has 0 heterocycles. The van der Waals surface area contributed by atoms with Crippen LogP contribution in [0.1, 0.15) is 37.8 Å². The van der Waals surface area contributed by atoms with Crippen LogP contribution in [0.3, 0.4) is 0 Å². The number of hydrogen-bond donors (Lipinski definition) is 2. The molecule has 1 atom stereocenters. The van der Waals surface area contributed by atoms with Gasteiger partial charge in [-0.3, -0.25) is 9.59 Å². The molecule has 2 aromatic carbocycles. The molecule has 2 rings (SSSR count). The van der Waals surface area contributed by atoms with Crippen LogP contribution in [0.25, 0.3) is 0 Å². The quantitative estimate of drug-likeness (QED) is 0.732. The van der Waals surface area contributed by atoms with Gasteiger partial charge >= 0.3 is 11.8 Å². The third kappa shape index (κ3) is 5.55. The van der Waals surface area contributed by atoms with Crippen molar-refractivity contribution in [3.05, 3.63) is 64.7 Å². The van der Waals surface area contributed by atoms with Crippen molar-refractivity contribution in [1.82, 2.24) is 5.32 Å². The molecule has 0 radical (unpaired) electrons. The third-order valence-corrected chi connectivity index (χ3v) is 4.75. The van der Waals surface area contributed by atoms with E-state index in [2.05, 4.69) is 24.5 Å². The molecule has 0 spiro atoms. The summed E-state index contributed by atoms with van der Waals surface area (Å²) in [4.78, 5) is 24.3. The number of anilines is 1. The summed E-state index contributed by atoms with van der Waals surface area (Å²) >= 11 is 6.03. The van der Waals surface area contributed by atoms with Crippen molar-refractivity contribution in [2.75, 3.05) is 19.0 Å². The average molecular weight is 389 g/mol. The van der Waals surface area contributed by atoms with Crippen molar-refractivity contribution < 1.29 is 14.3 Å². The van der Waals surface area contributed by atoms with Gasteiger partial charge < -0.3 is 15.4 Å². The molecule has 0 saturated heterocycles. The summed E-state index contributed by atoms with van der Waals surface area (Å²) in [6.45, 7) is 6.13. The predicted molar refractivity (Wildman–Crippen MR) is 108 cm³/mol. The van der Waals surface area contributed by atoms with Gasteiger partial charge in [-0.15, -0.1) is 0 Å². The van der Waals surface area contributed by atoms with Gasteiger partial charge in [-0.05, 0) is 48.2 Å². The highest BCUT2D eigenvalue weighted by Crippen LogP contribution is 2.26. The first-order valence-electron chi connectivity index (χ1n) is 8.75. The molecule has 0 fully saturated rings. The van der Waals surface area contributed by atoms with Crippen LogP contribution >= 0.6 is 11.6 Å². The van der Waals surface area contributed by atoms with E-state index in [1.807, 2.05) is 31.2 Å². The number of methoxy groups -OCH3 is 1. The molecule has 27 heavy (non-hydrogen) atoms. The third-order valence-electron chi connectivity index (χ3n) is 4.51. The second-order valence-electron chi connectivity index (χ2n) is 6.86. The molecule has 0 saturated carbocycles. The number of benzene rings is 2. The van der Waals surface area contributed by atoms with Gasteiger partial charge in [0.15, 0.2) is 0 Å². The molecular formula is C21H25ClN2O3. The van der Waals surface area contributed by atoms with Crippen LogP contribution in [0.4, 0.5) is 5.69 Å². The molecule has 2 N–H and O–H groups in total. The zero-order chi connectivity index (χ0) is 20.0. The van der Waals surface area contributed by atoms with Crippen molar-refractivity contribution in [1.29, 1.82) is 0 Å². The van der Waals surface area contributed by atoms with Crippen LogP contribution in [-0.2, 0) is 19.9 Å². The Balaban J connectivity index is 1.98. The molecule has 6 heteroatoms. The second-order valence-corrected chi connectivity index (χ2v) is 7.30. The molecule has 5 nitrogen and oxygen atoms in total. The lowest BCUT2D eigenvalue weighted by Gasteiger charge is -2.29. The standard InChI is InChI=1S/C21H25ClN2O3/c1-14(2)15-8-10-18(11-9-15)24-20(26)19(25)23-13-21(3,27-4)16-6-5-7-17(22)12-16/h5-12,14H,13H2,1-4H3,(H,23,25)(H,24,26). The largest absolute Gasteiger partial charge is 0.372 e. The van der Waals surface area contributed by atoms with Crippen LogP contribution in [0.5, 0.6) is 0 Å². The summed E-state index contributed by atoms with van der Waals surface area (Å²) in [5, 5.41) is 5.79.